The lowest BCUT2D eigenvalue weighted by Crippen LogP contribution is -2.29. The second-order valence-corrected chi connectivity index (χ2v) is 4.56. The molecule has 3 nitrogen and oxygen atoms in total. The zero-order valence-electron chi connectivity index (χ0n) is 8.69. The summed E-state index contributed by atoms with van der Waals surface area (Å²) in [4.78, 5) is 8.24. The predicted octanol–water partition coefficient (Wildman–Crippen LogP) is 2.83. The molecule has 0 radical (unpaired) electrons. The molecular formula is C11H16ClN3. The summed E-state index contributed by atoms with van der Waals surface area (Å²) in [7, 11) is 0. The quantitative estimate of drug-likeness (QED) is 0.621. The van der Waals surface area contributed by atoms with Crippen LogP contribution in [-0.4, -0.2) is 21.4 Å². The van der Waals surface area contributed by atoms with E-state index in [2.05, 4.69) is 15.3 Å². The van der Waals surface area contributed by atoms with Crippen molar-refractivity contribution in [2.75, 3.05) is 5.32 Å². The van der Waals surface area contributed by atoms with Crippen LogP contribution in [0.2, 0.25) is 0 Å². The Morgan fingerprint density at radius 2 is 2.07 bits per heavy atom. The molecule has 0 aliphatic heterocycles. The summed E-state index contributed by atoms with van der Waals surface area (Å²) in [6.07, 6.45) is 11.1. The van der Waals surface area contributed by atoms with Crippen molar-refractivity contribution in [3.63, 3.8) is 0 Å². The predicted molar refractivity (Wildman–Crippen MR) is 62.2 cm³/mol. The van der Waals surface area contributed by atoms with Crippen molar-refractivity contribution in [1.29, 1.82) is 0 Å². The first-order valence-electron chi connectivity index (χ1n) is 5.53. The third-order valence-corrected chi connectivity index (χ3v) is 3.35. The number of nitrogens with one attached hydrogen (secondary N) is 1. The smallest absolute Gasteiger partial charge is 0.144 e. The Kier molecular flexibility index (Phi) is 3.78. The maximum atomic E-state index is 6.33. The van der Waals surface area contributed by atoms with Crippen LogP contribution in [0.1, 0.15) is 32.1 Å². The van der Waals surface area contributed by atoms with Crippen molar-refractivity contribution in [2.45, 2.75) is 43.5 Å². The lowest BCUT2D eigenvalue weighted by atomic mass is 10.1. The lowest BCUT2D eigenvalue weighted by molar-refractivity contribution is 0.624. The minimum atomic E-state index is 0.217. The molecule has 0 saturated heterocycles. The van der Waals surface area contributed by atoms with Crippen LogP contribution in [0.15, 0.2) is 18.6 Å². The van der Waals surface area contributed by atoms with Gasteiger partial charge in [-0.15, -0.1) is 11.6 Å². The van der Waals surface area contributed by atoms with Crippen LogP contribution in [-0.2, 0) is 0 Å². The average molecular weight is 226 g/mol. The Labute approximate surface area is 95.3 Å². The molecule has 1 aliphatic rings. The van der Waals surface area contributed by atoms with Gasteiger partial charge in [0.1, 0.15) is 5.82 Å². The van der Waals surface area contributed by atoms with Crippen molar-refractivity contribution in [1.82, 2.24) is 9.97 Å². The van der Waals surface area contributed by atoms with Gasteiger partial charge < -0.3 is 5.32 Å². The summed E-state index contributed by atoms with van der Waals surface area (Å²) in [6, 6.07) is 0.339. The maximum Gasteiger partial charge on any atom is 0.144 e. The topological polar surface area (TPSA) is 37.8 Å². The largest absolute Gasteiger partial charge is 0.365 e. The Morgan fingerprint density at radius 1 is 1.20 bits per heavy atom. The Hall–Kier alpha value is -0.830. The average Bonchev–Trinajstić information content (AvgIpc) is 2.46. The lowest BCUT2D eigenvalue weighted by Gasteiger charge is -2.21. The van der Waals surface area contributed by atoms with Crippen molar-refractivity contribution in [3.8, 4) is 0 Å². The van der Waals surface area contributed by atoms with Gasteiger partial charge in [-0.25, -0.2) is 4.98 Å². The molecule has 0 amide bonds. The standard InChI is InChI=1S/C11H16ClN3/c12-9-4-2-1-3-5-10(9)15-11-8-13-6-7-14-11/h6-10H,1-5H2,(H,14,15). The van der Waals surface area contributed by atoms with Crippen molar-refractivity contribution in [2.24, 2.45) is 0 Å². The molecule has 1 saturated carbocycles. The molecule has 15 heavy (non-hydrogen) atoms. The first kappa shape index (κ1) is 10.7. The van der Waals surface area contributed by atoms with Gasteiger partial charge in [0.15, 0.2) is 0 Å². The molecule has 0 spiro atoms. The van der Waals surface area contributed by atoms with Gasteiger partial charge in [-0.1, -0.05) is 19.3 Å². The number of rotatable bonds is 2. The molecule has 0 aromatic carbocycles. The van der Waals surface area contributed by atoms with Gasteiger partial charge in [-0.05, 0) is 12.8 Å². The number of hydrogen-bond acceptors (Lipinski definition) is 3. The molecule has 2 unspecified atom stereocenters. The molecule has 1 aliphatic carbocycles. The van der Waals surface area contributed by atoms with E-state index in [1.54, 1.807) is 18.6 Å². The SMILES string of the molecule is ClC1CCCCCC1Nc1cnccn1. The molecule has 0 bridgehead atoms. The molecule has 1 aromatic rings. The highest BCUT2D eigenvalue weighted by Gasteiger charge is 2.21. The summed E-state index contributed by atoms with van der Waals surface area (Å²) in [5, 5.41) is 3.58. The molecular weight excluding hydrogens is 210 g/mol. The third kappa shape index (κ3) is 3.06. The highest BCUT2D eigenvalue weighted by atomic mass is 35.5. The molecule has 2 atom stereocenters. The van der Waals surface area contributed by atoms with Crippen LogP contribution in [0.25, 0.3) is 0 Å². The van der Waals surface area contributed by atoms with Crippen molar-refractivity contribution in [3.05, 3.63) is 18.6 Å². The van der Waals surface area contributed by atoms with Gasteiger partial charge >= 0.3 is 0 Å². The van der Waals surface area contributed by atoms with Crippen molar-refractivity contribution >= 4 is 17.4 Å². The number of halogens is 1. The molecule has 4 heteroatoms. The van der Waals surface area contributed by atoms with Gasteiger partial charge in [-0.3, -0.25) is 4.98 Å². The summed E-state index contributed by atoms with van der Waals surface area (Å²) in [5.41, 5.74) is 0. The molecule has 1 N–H and O–H groups in total. The van der Waals surface area contributed by atoms with Crippen molar-refractivity contribution < 1.29 is 0 Å². The van der Waals surface area contributed by atoms with E-state index in [0.29, 0.717) is 6.04 Å². The Bertz CT molecular complexity index is 291. The number of anilines is 1. The maximum absolute atomic E-state index is 6.33. The van der Waals surface area contributed by atoms with Gasteiger partial charge in [0.05, 0.1) is 11.6 Å². The molecule has 1 heterocycles. The van der Waals surface area contributed by atoms with Crippen LogP contribution in [0.4, 0.5) is 5.82 Å². The van der Waals surface area contributed by atoms with E-state index in [9.17, 15) is 0 Å². The first-order valence-corrected chi connectivity index (χ1v) is 5.96. The fourth-order valence-corrected chi connectivity index (χ4v) is 2.33. The van der Waals surface area contributed by atoms with Crippen LogP contribution in [0, 0.1) is 0 Å². The Morgan fingerprint density at radius 3 is 2.87 bits per heavy atom. The summed E-state index contributed by atoms with van der Waals surface area (Å²) < 4.78 is 0. The first-order chi connectivity index (χ1) is 7.36. The number of aromatic nitrogens is 2. The molecule has 2 rings (SSSR count). The summed E-state index contributed by atoms with van der Waals surface area (Å²) in [6.45, 7) is 0. The van der Waals surface area contributed by atoms with Gasteiger partial charge in [-0.2, -0.15) is 0 Å². The van der Waals surface area contributed by atoms with Gasteiger partial charge in [0, 0.05) is 18.4 Å². The van der Waals surface area contributed by atoms with Gasteiger partial charge in [0.2, 0.25) is 0 Å². The fraction of sp³-hybridized carbons (Fsp3) is 0.636. The van der Waals surface area contributed by atoms with E-state index in [1.165, 1.54) is 19.3 Å². The number of hydrogen-bond donors (Lipinski definition) is 1. The van der Waals surface area contributed by atoms with E-state index < -0.39 is 0 Å². The van der Waals surface area contributed by atoms with E-state index in [-0.39, 0.29) is 5.38 Å². The van der Waals surface area contributed by atoms with Crippen LogP contribution < -0.4 is 5.32 Å². The molecule has 82 valence electrons. The monoisotopic (exact) mass is 225 g/mol. The van der Waals surface area contributed by atoms with Gasteiger partial charge in [0.25, 0.3) is 0 Å². The highest BCUT2D eigenvalue weighted by molar-refractivity contribution is 6.21. The third-order valence-electron chi connectivity index (χ3n) is 2.83. The zero-order chi connectivity index (χ0) is 10.5. The van der Waals surface area contributed by atoms with Crippen LogP contribution in [0.3, 0.4) is 0 Å². The van der Waals surface area contributed by atoms with E-state index in [4.69, 9.17) is 11.6 Å². The second-order valence-electron chi connectivity index (χ2n) is 4.00. The fourth-order valence-electron chi connectivity index (χ4n) is 1.99. The zero-order valence-corrected chi connectivity index (χ0v) is 9.45. The van der Waals surface area contributed by atoms with E-state index >= 15 is 0 Å². The number of nitrogens with zero attached hydrogens (tertiary/aromatic N) is 2. The van der Waals surface area contributed by atoms with E-state index in [0.717, 1.165) is 18.7 Å². The minimum absolute atomic E-state index is 0.217. The second kappa shape index (κ2) is 5.31. The van der Waals surface area contributed by atoms with Crippen LogP contribution >= 0.6 is 11.6 Å². The molecule has 1 fully saturated rings. The minimum Gasteiger partial charge on any atom is -0.365 e. The van der Waals surface area contributed by atoms with E-state index in [1.807, 2.05) is 0 Å². The summed E-state index contributed by atoms with van der Waals surface area (Å²) >= 11 is 6.33. The summed E-state index contributed by atoms with van der Waals surface area (Å²) in [5.74, 6) is 0.829. The highest BCUT2D eigenvalue weighted by Crippen LogP contribution is 2.24. The molecule has 1 aromatic heterocycles. The number of alkyl halides is 1. The van der Waals surface area contributed by atoms with Crippen LogP contribution in [0.5, 0.6) is 0 Å². The Balaban J connectivity index is 1.97. The normalized spacial score (nSPS) is 27.0.